The van der Waals surface area contributed by atoms with Gasteiger partial charge in [0.05, 0.1) is 18.9 Å². The standard InChI is InChI=1S/C20H26ClN3O5/c21-12-18(26)24(9-8-17(22)25)23-20(28)16(10-14-6-7-14)11-19(27)29-13-15-4-2-1-3-5-15/h1-5,14,16H,6-13H2,(H2,22,25)(H,23,28)/t16-/m1/s1. The zero-order valence-corrected chi connectivity index (χ0v) is 16.9. The van der Waals surface area contributed by atoms with Crippen LogP contribution in [0.2, 0.25) is 0 Å². The van der Waals surface area contributed by atoms with Gasteiger partial charge in [0.15, 0.2) is 0 Å². The summed E-state index contributed by atoms with van der Waals surface area (Å²) in [5.41, 5.74) is 8.45. The maximum absolute atomic E-state index is 12.7. The number of hydrogen-bond acceptors (Lipinski definition) is 5. The van der Waals surface area contributed by atoms with Crippen LogP contribution in [0.15, 0.2) is 30.3 Å². The fourth-order valence-corrected chi connectivity index (χ4v) is 2.94. The number of amides is 3. The predicted octanol–water partition coefficient (Wildman–Crippen LogP) is 1.51. The smallest absolute Gasteiger partial charge is 0.306 e. The number of nitrogens with zero attached hydrogens (tertiary/aromatic N) is 1. The van der Waals surface area contributed by atoms with E-state index < -0.39 is 29.6 Å². The summed E-state index contributed by atoms with van der Waals surface area (Å²) in [7, 11) is 0. The number of benzene rings is 1. The normalized spacial score (nSPS) is 14.0. The Morgan fingerprint density at radius 3 is 2.48 bits per heavy atom. The number of hydrazine groups is 1. The molecule has 9 heteroatoms. The number of carbonyl (C=O) groups is 4. The Hall–Kier alpha value is -2.61. The molecule has 0 unspecified atom stereocenters. The number of carbonyl (C=O) groups excluding carboxylic acids is 4. The highest BCUT2D eigenvalue weighted by atomic mass is 35.5. The van der Waals surface area contributed by atoms with Crippen molar-refractivity contribution in [3.63, 3.8) is 0 Å². The van der Waals surface area contributed by atoms with Crippen LogP contribution in [0.1, 0.15) is 37.7 Å². The largest absolute Gasteiger partial charge is 0.461 e. The van der Waals surface area contributed by atoms with Gasteiger partial charge in [0.2, 0.25) is 11.8 Å². The zero-order valence-electron chi connectivity index (χ0n) is 16.1. The van der Waals surface area contributed by atoms with Gasteiger partial charge in [0, 0.05) is 6.42 Å². The first-order chi connectivity index (χ1) is 13.9. The summed E-state index contributed by atoms with van der Waals surface area (Å²) in [6, 6.07) is 9.25. The number of alkyl halides is 1. The molecule has 1 aromatic rings. The minimum Gasteiger partial charge on any atom is -0.461 e. The van der Waals surface area contributed by atoms with Crippen molar-refractivity contribution in [3.8, 4) is 0 Å². The van der Waals surface area contributed by atoms with Crippen LogP contribution in [0.5, 0.6) is 0 Å². The van der Waals surface area contributed by atoms with E-state index in [1.165, 1.54) is 0 Å². The molecule has 158 valence electrons. The lowest BCUT2D eigenvalue weighted by atomic mass is 9.97. The number of nitrogens with two attached hydrogens (primary N) is 1. The molecule has 0 heterocycles. The molecule has 3 N–H and O–H groups in total. The second-order valence-electron chi connectivity index (χ2n) is 7.10. The molecule has 0 aromatic heterocycles. The molecule has 1 aliphatic rings. The van der Waals surface area contributed by atoms with E-state index in [0.29, 0.717) is 12.3 Å². The maximum Gasteiger partial charge on any atom is 0.306 e. The van der Waals surface area contributed by atoms with Gasteiger partial charge in [-0.1, -0.05) is 43.2 Å². The van der Waals surface area contributed by atoms with Crippen LogP contribution in [-0.4, -0.2) is 41.1 Å². The molecule has 3 amide bonds. The second-order valence-corrected chi connectivity index (χ2v) is 7.37. The van der Waals surface area contributed by atoms with E-state index in [4.69, 9.17) is 22.1 Å². The van der Waals surface area contributed by atoms with Crippen LogP contribution in [0.4, 0.5) is 0 Å². The number of rotatable bonds is 11. The Kier molecular flexibility index (Phi) is 8.92. The summed E-state index contributed by atoms with van der Waals surface area (Å²) < 4.78 is 5.28. The average molecular weight is 424 g/mol. The van der Waals surface area contributed by atoms with Crippen molar-refractivity contribution in [2.75, 3.05) is 12.4 Å². The first kappa shape index (κ1) is 22.7. The summed E-state index contributed by atoms with van der Waals surface area (Å²) in [5.74, 6) is -2.73. The molecule has 29 heavy (non-hydrogen) atoms. The molecular weight excluding hydrogens is 398 g/mol. The lowest BCUT2D eigenvalue weighted by molar-refractivity contribution is -0.150. The maximum atomic E-state index is 12.7. The zero-order chi connectivity index (χ0) is 21.2. The summed E-state index contributed by atoms with van der Waals surface area (Å²) >= 11 is 5.57. The van der Waals surface area contributed by atoms with Gasteiger partial charge in [-0.05, 0) is 17.9 Å². The van der Waals surface area contributed by atoms with Gasteiger partial charge in [-0.3, -0.25) is 29.6 Å². The van der Waals surface area contributed by atoms with Crippen LogP contribution in [-0.2, 0) is 30.5 Å². The Morgan fingerprint density at radius 1 is 1.21 bits per heavy atom. The average Bonchev–Trinajstić information content (AvgIpc) is 3.53. The SMILES string of the molecule is NC(=O)CCN(NC(=O)[C@@H](CC(=O)OCc1ccccc1)CC1CC1)C(=O)CCl. The molecule has 1 atom stereocenters. The highest BCUT2D eigenvalue weighted by Crippen LogP contribution is 2.36. The molecular formula is C20H26ClN3O5. The van der Waals surface area contributed by atoms with Crippen molar-refractivity contribution in [1.82, 2.24) is 10.4 Å². The Balaban J connectivity index is 1.93. The molecule has 0 bridgehead atoms. The molecule has 8 nitrogen and oxygen atoms in total. The molecule has 2 rings (SSSR count). The van der Waals surface area contributed by atoms with E-state index in [9.17, 15) is 19.2 Å². The van der Waals surface area contributed by atoms with Crippen LogP contribution in [0.3, 0.4) is 0 Å². The molecule has 0 saturated heterocycles. The Labute approximate surface area is 174 Å². The van der Waals surface area contributed by atoms with Gasteiger partial charge >= 0.3 is 5.97 Å². The lowest BCUT2D eigenvalue weighted by Gasteiger charge is -2.25. The topological polar surface area (TPSA) is 119 Å². The van der Waals surface area contributed by atoms with Crippen molar-refractivity contribution in [2.24, 2.45) is 17.6 Å². The van der Waals surface area contributed by atoms with Crippen molar-refractivity contribution in [1.29, 1.82) is 0 Å². The van der Waals surface area contributed by atoms with Crippen LogP contribution in [0, 0.1) is 11.8 Å². The predicted molar refractivity (Wildman–Crippen MR) is 106 cm³/mol. The molecule has 1 saturated carbocycles. The third kappa shape index (κ3) is 8.51. The Morgan fingerprint density at radius 2 is 1.90 bits per heavy atom. The molecule has 1 fully saturated rings. The third-order valence-electron chi connectivity index (χ3n) is 4.58. The highest BCUT2D eigenvalue weighted by Gasteiger charge is 2.32. The van der Waals surface area contributed by atoms with Crippen LogP contribution in [0.25, 0.3) is 0 Å². The first-order valence-corrected chi connectivity index (χ1v) is 10.1. The fourth-order valence-electron chi connectivity index (χ4n) is 2.80. The third-order valence-corrected chi connectivity index (χ3v) is 4.81. The van der Waals surface area contributed by atoms with Crippen LogP contribution >= 0.6 is 11.6 Å². The van der Waals surface area contributed by atoms with Gasteiger partial charge in [-0.15, -0.1) is 11.6 Å². The van der Waals surface area contributed by atoms with Crippen LogP contribution < -0.4 is 11.2 Å². The minimum absolute atomic E-state index is 0.0821. The number of primary amides is 1. The van der Waals surface area contributed by atoms with Gasteiger partial charge < -0.3 is 10.5 Å². The second kappa shape index (κ2) is 11.4. The first-order valence-electron chi connectivity index (χ1n) is 9.53. The lowest BCUT2D eigenvalue weighted by Crippen LogP contribution is -2.50. The number of esters is 1. The van der Waals surface area contributed by atoms with Gasteiger partial charge in [0.25, 0.3) is 5.91 Å². The Bertz CT molecular complexity index is 724. The fraction of sp³-hybridized carbons (Fsp3) is 0.500. The van der Waals surface area contributed by atoms with Gasteiger partial charge in [-0.25, -0.2) is 0 Å². The van der Waals surface area contributed by atoms with Crippen molar-refractivity contribution in [3.05, 3.63) is 35.9 Å². The van der Waals surface area contributed by atoms with E-state index >= 15 is 0 Å². The van der Waals surface area contributed by atoms with E-state index in [2.05, 4.69) is 5.43 Å². The summed E-state index contributed by atoms with van der Waals surface area (Å²) in [6.45, 7) is 0.0497. The van der Waals surface area contributed by atoms with Crippen molar-refractivity contribution >= 4 is 35.3 Å². The van der Waals surface area contributed by atoms with Gasteiger partial charge in [0.1, 0.15) is 12.5 Å². The number of nitrogens with one attached hydrogen (secondary N) is 1. The monoisotopic (exact) mass is 423 g/mol. The molecule has 1 aliphatic carbocycles. The summed E-state index contributed by atoms with van der Waals surface area (Å²) in [6.07, 6.45) is 2.35. The summed E-state index contributed by atoms with van der Waals surface area (Å²) in [4.78, 5) is 47.9. The van der Waals surface area contributed by atoms with Crippen molar-refractivity contribution < 1.29 is 23.9 Å². The quantitative estimate of drug-likeness (QED) is 0.317. The molecule has 1 aromatic carbocycles. The number of halogens is 1. The van der Waals surface area contributed by atoms with E-state index in [0.717, 1.165) is 23.4 Å². The number of hydrogen-bond donors (Lipinski definition) is 2. The van der Waals surface area contributed by atoms with E-state index in [1.54, 1.807) is 0 Å². The van der Waals surface area contributed by atoms with E-state index in [1.807, 2.05) is 30.3 Å². The minimum atomic E-state index is -0.634. The van der Waals surface area contributed by atoms with Gasteiger partial charge in [-0.2, -0.15) is 0 Å². The molecule has 0 spiro atoms. The molecule has 0 aliphatic heterocycles. The number of ether oxygens (including phenoxy) is 1. The highest BCUT2D eigenvalue weighted by molar-refractivity contribution is 6.27. The summed E-state index contributed by atoms with van der Waals surface area (Å²) in [5, 5.41) is 0.981. The van der Waals surface area contributed by atoms with Crippen molar-refractivity contribution in [2.45, 2.75) is 38.7 Å². The molecule has 0 radical (unpaired) electrons. The van der Waals surface area contributed by atoms with E-state index in [-0.39, 0.29) is 31.9 Å².